The number of aromatic nitrogens is 1. The predicted molar refractivity (Wildman–Crippen MR) is 77.3 cm³/mol. The van der Waals surface area contributed by atoms with E-state index in [2.05, 4.69) is 24.1 Å². The fourth-order valence-electron chi connectivity index (χ4n) is 1.72. The third-order valence-electron chi connectivity index (χ3n) is 2.73. The summed E-state index contributed by atoms with van der Waals surface area (Å²) in [4.78, 5) is 4.18. The monoisotopic (exact) mass is 274 g/mol. The van der Waals surface area contributed by atoms with Crippen LogP contribution in [0.4, 0.5) is 4.39 Å². The second-order valence-electron chi connectivity index (χ2n) is 5.06. The van der Waals surface area contributed by atoms with Crippen molar-refractivity contribution >= 4 is 0 Å². The van der Waals surface area contributed by atoms with E-state index >= 15 is 0 Å². The van der Waals surface area contributed by atoms with Crippen LogP contribution in [0.15, 0.2) is 42.6 Å². The first-order chi connectivity index (χ1) is 9.65. The Labute approximate surface area is 118 Å². The van der Waals surface area contributed by atoms with E-state index in [0.717, 1.165) is 18.7 Å². The van der Waals surface area contributed by atoms with Crippen molar-refractivity contribution in [3.8, 4) is 11.6 Å². The SMILES string of the molecule is CC(C)CNCc1ccc(Oc2ccccc2F)nc1. The zero-order chi connectivity index (χ0) is 14.4. The lowest BCUT2D eigenvalue weighted by Gasteiger charge is -2.08. The number of halogens is 1. The molecular weight excluding hydrogens is 255 g/mol. The minimum atomic E-state index is -0.392. The second-order valence-corrected chi connectivity index (χ2v) is 5.06. The molecule has 20 heavy (non-hydrogen) atoms. The summed E-state index contributed by atoms with van der Waals surface area (Å²) in [6, 6.07) is 9.96. The Hall–Kier alpha value is -1.94. The van der Waals surface area contributed by atoms with Gasteiger partial charge in [-0.05, 0) is 30.2 Å². The molecule has 0 bridgehead atoms. The lowest BCUT2D eigenvalue weighted by molar-refractivity contribution is 0.427. The minimum absolute atomic E-state index is 0.186. The van der Waals surface area contributed by atoms with Gasteiger partial charge < -0.3 is 10.1 Å². The number of pyridine rings is 1. The maximum absolute atomic E-state index is 13.4. The van der Waals surface area contributed by atoms with Gasteiger partial charge in [-0.15, -0.1) is 0 Å². The Morgan fingerprint density at radius 3 is 2.65 bits per heavy atom. The molecule has 0 unspecified atom stereocenters. The van der Waals surface area contributed by atoms with Crippen LogP contribution in [0.3, 0.4) is 0 Å². The summed E-state index contributed by atoms with van der Waals surface area (Å²) >= 11 is 0. The van der Waals surface area contributed by atoms with E-state index in [0.29, 0.717) is 11.8 Å². The number of rotatable bonds is 6. The first-order valence-electron chi connectivity index (χ1n) is 6.73. The predicted octanol–water partition coefficient (Wildman–Crippen LogP) is 3.76. The van der Waals surface area contributed by atoms with Crippen molar-refractivity contribution in [3.63, 3.8) is 0 Å². The van der Waals surface area contributed by atoms with Crippen molar-refractivity contribution in [3.05, 3.63) is 54.0 Å². The highest BCUT2D eigenvalue weighted by molar-refractivity contribution is 5.29. The van der Waals surface area contributed by atoms with Gasteiger partial charge in [-0.25, -0.2) is 9.37 Å². The third-order valence-corrected chi connectivity index (χ3v) is 2.73. The zero-order valence-corrected chi connectivity index (χ0v) is 11.8. The number of hydrogen-bond acceptors (Lipinski definition) is 3. The lowest BCUT2D eigenvalue weighted by atomic mass is 10.2. The number of hydrogen-bond donors (Lipinski definition) is 1. The highest BCUT2D eigenvalue weighted by Crippen LogP contribution is 2.22. The van der Waals surface area contributed by atoms with E-state index in [9.17, 15) is 4.39 Å². The Balaban J connectivity index is 1.93. The topological polar surface area (TPSA) is 34.1 Å². The Bertz CT molecular complexity index is 540. The van der Waals surface area contributed by atoms with Crippen LogP contribution in [0.1, 0.15) is 19.4 Å². The van der Waals surface area contributed by atoms with Gasteiger partial charge in [0, 0.05) is 18.8 Å². The van der Waals surface area contributed by atoms with Gasteiger partial charge in [0.25, 0.3) is 0 Å². The van der Waals surface area contributed by atoms with Gasteiger partial charge in [0.1, 0.15) is 0 Å². The second kappa shape index (κ2) is 7.01. The van der Waals surface area contributed by atoms with Crippen molar-refractivity contribution in [2.45, 2.75) is 20.4 Å². The van der Waals surface area contributed by atoms with Crippen molar-refractivity contribution in [1.82, 2.24) is 10.3 Å². The molecular formula is C16H19FN2O. The van der Waals surface area contributed by atoms with Crippen molar-refractivity contribution in [2.75, 3.05) is 6.54 Å². The molecule has 2 rings (SSSR count). The molecule has 0 saturated heterocycles. The Kier molecular flexibility index (Phi) is 5.07. The molecule has 0 radical (unpaired) electrons. The van der Waals surface area contributed by atoms with Crippen molar-refractivity contribution in [2.24, 2.45) is 5.92 Å². The van der Waals surface area contributed by atoms with Crippen molar-refractivity contribution < 1.29 is 9.13 Å². The van der Waals surface area contributed by atoms with E-state index in [4.69, 9.17) is 4.74 Å². The van der Waals surface area contributed by atoms with Gasteiger partial charge in [0.15, 0.2) is 11.6 Å². The molecule has 0 spiro atoms. The van der Waals surface area contributed by atoms with Crippen LogP contribution < -0.4 is 10.1 Å². The number of nitrogens with one attached hydrogen (secondary N) is 1. The molecule has 1 aromatic carbocycles. The van der Waals surface area contributed by atoms with Crippen LogP contribution in [0.5, 0.6) is 11.6 Å². The molecule has 0 saturated carbocycles. The molecule has 0 aliphatic carbocycles. The van der Waals surface area contributed by atoms with Crippen LogP contribution >= 0.6 is 0 Å². The lowest BCUT2D eigenvalue weighted by Crippen LogP contribution is -2.18. The number of benzene rings is 1. The summed E-state index contributed by atoms with van der Waals surface area (Å²) < 4.78 is 18.8. The molecule has 106 valence electrons. The summed E-state index contributed by atoms with van der Waals surface area (Å²) in [5.41, 5.74) is 1.08. The van der Waals surface area contributed by atoms with Crippen LogP contribution in [0.25, 0.3) is 0 Å². The third kappa shape index (κ3) is 4.31. The molecule has 0 fully saturated rings. The van der Waals surface area contributed by atoms with E-state index < -0.39 is 5.82 Å². The van der Waals surface area contributed by atoms with Gasteiger partial charge in [-0.2, -0.15) is 0 Å². The summed E-state index contributed by atoms with van der Waals surface area (Å²) in [6.07, 6.45) is 1.74. The molecule has 0 atom stereocenters. The molecule has 2 aromatic rings. The van der Waals surface area contributed by atoms with Crippen LogP contribution in [-0.4, -0.2) is 11.5 Å². The fraction of sp³-hybridized carbons (Fsp3) is 0.312. The molecule has 0 aliphatic rings. The van der Waals surface area contributed by atoms with E-state index in [-0.39, 0.29) is 5.75 Å². The summed E-state index contributed by atoms with van der Waals surface area (Å²) in [6.45, 7) is 6.06. The van der Waals surface area contributed by atoms with E-state index in [1.165, 1.54) is 6.07 Å². The molecule has 3 nitrogen and oxygen atoms in total. The maximum Gasteiger partial charge on any atom is 0.219 e. The smallest absolute Gasteiger partial charge is 0.219 e. The largest absolute Gasteiger partial charge is 0.436 e. The molecule has 0 amide bonds. The Morgan fingerprint density at radius 1 is 1.20 bits per heavy atom. The average molecular weight is 274 g/mol. The molecule has 1 heterocycles. The van der Waals surface area contributed by atoms with Gasteiger partial charge >= 0.3 is 0 Å². The highest BCUT2D eigenvalue weighted by atomic mass is 19.1. The van der Waals surface area contributed by atoms with Gasteiger partial charge in [-0.3, -0.25) is 0 Å². The summed E-state index contributed by atoms with van der Waals surface area (Å²) in [5.74, 6) is 0.803. The van der Waals surface area contributed by atoms with Gasteiger partial charge in [-0.1, -0.05) is 32.0 Å². The Morgan fingerprint density at radius 2 is 2.00 bits per heavy atom. The average Bonchev–Trinajstić information content (AvgIpc) is 2.43. The number of nitrogens with zero attached hydrogens (tertiary/aromatic N) is 1. The highest BCUT2D eigenvalue weighted by Gasteiger charge is 2.04. The fourth-order valence-corrected chi connectivity index (χ4v) is 1.72. The van der Waals surface area contributed by atoms with Crippen LogP contribution in [0.2, 0.25) is 0 Å². The quantitative estimate of drug-likeness (QED) is 0.871. The molecule has 1 aromatic heterocycles. The van der Waals surface area contributed by atoms with Crippen molar-refractivity contribution in [1.29, 1.82) is 0 Å². The standard InChI is InChI=1S/C16H19FN2O/c1-12(2)9-18-10-13-7-8-16(19-11-13)20-15-6-4-3-5-14(15)17/h3-8,11-12,18H,9-10H2,1-2H3. The molecule has 1 N–H and O–H groups in total. The minimum Gasteiger partial charge on any atom is -0.436 e. The maximum atomic E-state index is 13.4. The van der Waals surface area contributed by atoms with Crippen LogP contribution in [-0.2, 0) is 6.54 Å². The normalized spacial score (nSPS) is 10.8. The molecule has 4 heteroatoms. The summed E-state index contributed by atoms with van der Waals surface area (Å²) in [5, 5.41) is 3.34. The van der Waals surface area contributed by atoms with E-state index in [1.54, 1.807) is 30.5 Å². The number of para-hydroxylation sites is 1. The zero-order valence-electron chi connectivity index (χ0n) is 11.8. The molecule has 0 aliphatic heterocycles. The van der Waals surface area contributed by atoms with Gasteiger partial charge in [0.2, 0.25) is 5.88 Å². The first-order valence-corrected chi connectivity index (χ1v) is 6.73. The van der Waals surface area contributed by atoms with E-state index in [1.807, 2.05) is 6.07 Å². The van der Waals surface area contributed by atoms with Gasteiger partial charge in [0.05, 0.1) is 0 Å². The van der Waals surface area contributed by atoms with Crippen LogP contribution in [0, 0.1) is 11.7 Å². The first kappa shape index (κ1) is 14.5. The summed E-state index contributed by atoms with van der Waals surface area (Å²) in [7, 11) is 0. The number of ether oxygens (including phenoxy) is 1.